The number of ketones is 1. The Hall–Kier alpha value is -0.900. The minimum Gasteiger partial charge on any atom is -0.373 e. The predicted molar refractivity (Wildman–Crippen MR) is 74.9 cm³/mol. The third-order valence-corrected chi connectivity index (χ3v) is 3.17. The molecule has 19 heavy (non-hydrogen) atoms. The molecule has 1 aliphatic rings. The first-order valence-electron chi connectivity index (χ1n) is 6.96. The van der Waals surface area contributed by atoms with E-state index in [1.54, 1.807) is 4.90 Å². The van der Waals surface area contributed by atoms with Crippen LogP contribution in [-0.4, -0.2) is 41.4 Å². The lowest BCUT2D eigenvalue weighted by molar-refractivity contribution is -0.131. The summed E-state index contributed by atoms with van der Waals surface area (Å²) in [5.74, 6) is -0.0695. The number of amides is 1. The molecule has 0 spiro atoms. The second-order valence-electron chi connectivity index (χ2n) is 7.48. The average Bonchev–Trinajstić information content (AvgIpc) is 2.45. The number of nitrogens with zero attached hydrogens (tertiary/aromatic N) is 1. The van der Waals surface area contributed by atoms with E-state index in [4.69, 9.17) is 4.74 Å². The second-order valence-corrected chi connectivity index (χ2v) is 7.48. The summed E-state index contributed by atoms with van der Waals surface area (Å²) in [6.45, 7) is 13.2. The molecule has 1 atom stereocenters. The van der Waals surface area contributed by atoms with Gasteiger partial charge >= 0.3 is 0 Å². The van der Waals surface area contributed by atoms with Gasteiger partial charge in [-0.2, -0.15) is 0 Å². The van der Waals surface area contributed by atoms with Gasteiger partial charge in [0.25, 0.3) is 0 Å². The van der Waals surface area contributed by atoms with Crippen molar-refractivity contribution >= 4 is 11.7 Å². The molecular weight excluding hydrogens is 242 g/mol. The van der Waals surface area contributed by atoms with Crippen molar-refractivity contribution in [2.45, 2.75) is 66.0 Å². The van der Waals surface area contributed by atoms with Crippen LogP contribution in [0.2, 0.25) is 0 Å². The van der Waals surface area contributed by atoms with Crippen molar-refractivity contribution in [3.8, 4) is 0 Å². The van der Waals surface area contributed by atoms with Crippen molar-refractivity contribution in [3.63, 3.8) is 0 Å². The van der Waals surface area contributed by atoms with Crippen LogP contribution < -0.4 is 0 Å². The molecule has 4 nitrogen and oxygen atoms in total. The smallest absolute Gasteiger partial charge is 0.230 e. The molecule has 4 heteroatoms. The lowest BCUT2D eigenvalue weighted by Crippen LogP contribution is -2.42. The molecule has 1 amide bonds. The second kappa shape index (κ2) is 5.61. The van der Waals surface area contributed by atoms with Gasteiger partial charge in [0.2, 0.25) is 5.91 Å². The summed E-state index contributed by atoms with van der Waals surface area (Å²) < 4.78 is 5.68. The molecular formula is C15H27NO3. The van der Waals surface area contributed by atoms with Gasteiger partial charge in [0.05, 0.1) is 18.6 Å². The van der Waals surface area contributed by atoms with Crippen molar-refractivity contribution in [1.82, 2.24) is 4.90 Å². The largest absolute Gasteiger partial charge is 0.373 e. The fraction of sp³-hybridized carbons (Fsp3) is 0.867. The number of carbonyl (C=O) groups excluding carboxylic acids is 2. The Labute approximate surface area is 116 Å². The number of likely N-dealkylation sites (tertiary alicyclic amines) is 1. The van der Waals surface area contributed by atoms with E-state index < -0.39 is 6.04 Å². The molecule has 110 valence electrons. The minimum atomic E-state index is -0.394. The van der Waals surface area contributed by atoms with Gasteiger partial charge in [0.1, 0.15) is 6.04 Å². The molecule has 0 radical (unpaired) electrons. The van der Waals surface area contributed by atoms with Crippen LogP contribution in [0.5, 0.6) is 0 Å². The zero-order valence-electron chi connectivity index (χ0n) is 13.1. The molecule has 0 aromatic rings. The number of ether oxygens (including phenoxy) is 1. The molecule has 0 aromatic heterocycles. The van der Waals surface area contributed by atoms with Crippen LogP contribution in [0.3, 0.4) is 0 Å². The Morgan fingerprint density at radius 1 is 1.16 bits per heavy atom. The highest BCUT2D eigenvalue weighted by Gasteiger charge is 2.39. The summed E-state index contributed by atoms with van der Waals surface area (Å²) in [6.07, 6.45) is 0.917. The fourth-order valence-corrected chi connectivity index (χ4v) is 1.96. The summed E-state index contributed by atoms with van der Waals surface area (Å²) in [4.78, 5) is 25.5. The van der Waals surface area contributed by atoms with Crippen LogP contribution in [-0.2, 0) is 14.3 Å². The van der Waals surface area contributed by atoms with Crippen molar-refractivity contribution in [3.05, 3.63) is 0 Å². The molecule has 0 bridgehead atoms. The van der Waals surface area contributed by atoms with Crippen LogP contribution in [0.15, 0.2) is 0 Å². The van der Waals surface area contributed by atoms with Gasteiger partial charge in [-0.15, -0.1) is 0 Å². The lowest BCUT2D eigenvalue weighted by atomic mass is 9.92. The zero-order chi connectivity index (χ0) is 14.8. The molecule has 1 heterocycles. The SMILES string of the molecule is CC(C)(C)CCN1C(=O)CC(=O)[C@@H]1COC(C)(C)C. The molecule has 1 saturated heterocycles. The van der Waals surface area contributed by atoms with E-state index >= 15 is 0 Å². The van der Waals surface area contributed by atoms with Crippen molar-refractivity contribution < 1.29 is 14.3 Å². The summed E-state index contributed by atoms with van der Waals surface area (Å²) in [5.41, 5.74) is -0.136. The first-order chi connectivity index (χ1) is 8.49. The van der Waals surface area contributed by atoms with Crippen molar-refractivity contribution in [2.75, 3.05) is 13.2 Å². The predicted octanol–water partition coefficient (Wildman–Crippen LogP) is 2.41. The van der Waals surface area contributed by atoms with Crippen molar-refractivity contribution in [2.24, 2.45) is 5.41 Å². The minimum absolute atomic E-state index is 0.0110. The van der Waals surface area contributed by atoms with Gasteiger partial charge in [0.15, 0.2) is 5.78 Å². The molecule has 1 aliphatic heterocycles. The summed E-state index contributed by atoms with van der Waals surface area (Å²) >= 11 is 0. The standard InChI is InChI=1S/C15H27NO3/c1-14(2,3)7-8-16-11(10-19-15(4,5)6)12(17)9-13(16)18/h11H,7-10H2,1-6H3/t11-/m0/s1. The van der Waals surface area contributed by atoms with Crippen LogP contribution >= 0.6 is 0 Å². The fourth-order valence-electron chi connectivity index (χ4n) is 1.96. The van der Waals surface area contributed by atoms with Gasteiger partial charge in [-0.05, 0) is 32.6 Å². The third kappa shape index (κ3) is 5.31. The van der Waals surface area contributed by atoms with E-state index in [-0.39, 0.29) is 29.1 Å². The first kappa shape index (κ1) is 16.2. The Balaban J connectivity index is 2.64. The zero-order valence-corrected chi connectivity index (χ0v) is 13.1. The molecule has 0 aliphatic carbocycles. The van der Waals surface area contributed by atoms with Crippen LogP contribution in [0.4, 0.5) is 0 Å². The maximum atomic E-state index is 11.9. The lowest BCUT2D eigenvalue weighted by Gasteiger charge is -2.29. The molecule has 1 rings (SSSR count). The van der Waals surface area contributed by atoms with E-state index in [0.29, 0.717) is 13.2 Å². The number of hydrogen-bond donors (Lipinski definition) is 0. The quantitative estimate of drug-likeness (QED) is 0.736. The van der Waals surface area contributed by atoms with Gasteiger partial charge in [-0.1, -0.05) is 20.8 Å². The maximum Gasteiger partial charge on any atom is 0.230 e. The Kier molecular flexibility index (Phi) is 4.77. The Bertz CT molecular complexity index is 315. The van der Waals surface area contributed by atoms with E-state index in [2.05, 4.69) is 20.8 Å². The Morgan fingerprint density at radius 3 is 2.21 bits per heavy atom. The van der Waals surface area contributed by atoms with Crippen LogP contribution in [0.25, 0.3) is 0 Å². The van der Waals surface area contributed by atoms with Gasteiger partial charge in [0, 0.05) is 6.54 Å². The molecule has 0 aromatic carbocycles. The first-order valence-corrected chi connectivity index (χ1v) is 6.96. The van der Waals surface area contributed by atoms with Crippen LogP contribution in [0, 0.1) is 5.41 Å². The van der Waals surface area contributed by atoms with Gasteiger partial charge in [-0.3, -0.25) is 9.59 Å². The Morgan fingerprint density at radius 2 is 1.74 bits per heavy atom. The topological polar surface area (TPSA) is 46.6 Å². The highest BCUT2D eigenvalue weighted by molar-refractivity contribution is 6.07. The van der Waals surface area contributed by atoms with E-state index in [1.165, 1.54) is 0 Å². The molecule has 0 saturated carbocycles. The summed E-state index contributed by atoms with van der Waals surface area (Å²) in [7, 11) is 0. The molecule has 0 unspecified atom stereocenters. The highest BCUT2D eigenvalue weighted by Crippen LogP contribution is 2.24. The molecule has 1 fully saturated rings. The van der Waals surface area contributed by atoms with E-state index in [1.807, 2.05) is 20.8 Å². The average molecular weight is 269 g/mol. The van der Waals surface area contributed by atoms with Gasteiger partial charge in [-0.25, -0.2) is 0 Å². The monoisotopic (exact) mass is 269 g/mol. The van der Waals surface area contributed by atoms with Crippen molar-refractivity contribution in [1.29, 1.82) is 0 Å². The highest BCUT2D eigenvalue weighted by atomic mass is 16.5. The molecule has 0 N–H and O–H groups in total. The summed E-state index contributed by atoms with van der Waals surface area (Å²) in [5, 5.41) is 0. The van der Waals surface area contributed by atoms with Crippen LogP contribution in [0.1, 0.15) is 54.4 Å². The van der Waals surface area contributed by atoms with E-state index in [9.17, 15) is 9.59 Å². The number of rotatable bonds is 4. The third-order valence-electron chi connectivity index (χ3n) is 3.17. The van der Waals surface area contributed by atoms with Gasteiger partial charge < -0.3 is 9.64 Å². The van der Waals surface area contributed by atoms with E-state index in [0.717, 1.165) is 6.42 Å². The summed E-state index contributed by atoms with van der Waals surface area (Å²) in [6, 6.07) is -0.394. The normalized spacial score (nSPS) is 21.4. The number of hydrogen-bond acceptors (Lipinski definition) is 3. The maximum absolute atomic E-state index is 11.9. The number of carbonyl (C=O) groups is 2. The number of Topliss-reactive ketones (excluding diaryl/α,β-unsaturated/α-hetero) is 1.